The first-order chi connectivity index (χ1) is 12.3. The highest BCUT2D eigenvalue weighted by atomic mass is 35.5. The largest absolute Gasteiger partial charge is 0.434 e. The highest BCUT2D eigenvalue weighted by Gasteiger charge is 2.32. The Morgan fingerprint density at radius 2 is 1.70 bits per heavy atom. The van der Waals surface area contributed by atoms with Crippen molar-refractivity contribution in [2.75, 3.05) is 0 Å². The molecule has 1 aromatic heterocycles. The summed E-state index contributed by atoms with van der Waals surface area (Å²) in [6.45, 7) is 6.80. The van der Waals surface area contributed by atoms with Crippen LogP contribution in [0.25, 0.3) is 0 Å². The second-order valence-corrected chi connectivity index (χ2v) is 7.34. The van der Waals surface area contributed by atoms with Gasteiger partial charge in [-0.05, 0) is 39.8 Å². The molecule has 1 N–H and O–H groups in total. The van der Waals surface area contributed by atoms with Gasteiger partial charge in [0.05, 0.1) is 26.9 Å². The molecule has 0 saturated heterocycles. The first-order valence-corrected chi connectivity index (χ1v) is 8.32. The Bertz CT molecular complexity index is 838. The first kappa shape index (κ1) is 21.3. The summed E-state index contributed by atoms with van der Waals surface area (Å²) in [5.74, 6) is -0.288. The summed E-state index contributed by atoms with van der Waals surface area (Å²) in [7, 11) is 0. The van der Waals surface area contributed by atoms with E-state index >= 15 is 0 Å². The van der Waals surface area contributed by atoms with Crippen LogP contribution in [0.4, 0.5) is 18.0 Å². The monoisotopic (exact) mass is 425 g/mol. The number of alkyl halides is 3. The number of hydrogen-bond acceptors (Lipinski definition) is 4. The summed E-state index contributed by atoms with van der Waals surface area (Å²) in [5.41, 5.74) is 0.998. The van der Waals surface area contributed by atoms with E-state index in [0.717, 1.165) is 4.68 Å². The minimum Gasteiger partial charge on any atom is -0.434 e. The summed E-state index contributed by atoms with van der Waals surface area (Å²) in [5, 5.41) is 3.23. The van der Waals surface area contributed by atoms with E-state index < -0.39 is 23.4 Å². The van der Waals surface area contributed by atoms with Gasteiger partial charge in [-0.1, -0.05) is 23.2 Å². The standard InChI is InChI=1S/C16H16Cl2F3N3O3/c1-8-5-12(22-24(8)14(25)23-27-15(2,3)4)26-13-10(17)6-9(7-11(13)18)16(19,20)21/h5-7H,1-4H3,(H,23,25). The molecule has 0 unspecified atom stereocenters. The molecule has 0 radical (unpaired) electrons. The third-order valence-corrected chi connectivity index (χ3v) is 3.60. The van der Waals surface area contributed by atoms with E-state index in [1.54, 1.807) is 27.7 Å². The molecule has 1 amide bonds. The van der Waals surface area contributed by atoms with Crippen LogP contribution in [-0.2, 0) is 11.0 Å². The number of halogens is 5. The highest BCUT2D eigenvalue weighted by Crippen LogP contribution is 2.41. The van der Waals surface area contributed by atoms with Gasteiger partial charge >= 0.3 is 12.2 Å². The minimum absolute atomic E-state index is 0.0815. The van der Waals surface area contributed by atoms with E-state index in [2.05, 4.69) is 10.6 Å². The summed E-state index contributed by atoms with van der Waals surface area (Å²) in [6.07, 6.45) is -4.60. The molecule has 148 valence electrons. The third kappa shape index (κ3) is 5.50. The van der Waals surface area contributed by atoms with Crippen LogP contribution >= 0.6 is 23.2 Å². The lowest BCUT2D eigenvalue weighted by Crippen LogP contribution is -2.36. The Labute approximate surface area is 163 Å². The summed E-state index contributed by atoms with van der Waals surface area (Å²) in [4.78, 5) is 17.3. The number of ether oxygens (including phenoxy) is 1. The molecule has 2 aromatic rings. The molecule has 0 saturated carbocycles. The zero-order valence-corrected chi connectivity index (χ0v) is 16.3. The Hall–Kier alpha value is -1.97. The number of nitrogens with one attached hydrogen (secondary N) is 1. The van der Waals surface area contributed by atoms with Crippen LogP contribution < -0.4 is 10.2 Å². The van der Waals surface area contributed by atoms with Crippen LogP contribution in [-0.4, -0.2) is 21.4 Å². The topological polar surface area (TPSA) is 65.4 Å². The van der Waals surface area contributed by atoms with Crippen molar-refractivity contribution in [2.45, 2.75) is 39.5 Å². The molecule has 0 aliphatic heterocycles. The average molecular weight is 426 g/mol. The maximum Gasteiger partial charge on any atom is 0.416 e. The van der Waals surface area contributed by atoms with Crippen molar-refractivity contribution >= 4 is 29.2 Å². The van der Waals surface area contributed by atoms with Gasteiger partial charge in [-0.3, -0.25) is 4.84 Å². The number of carbonyl (C=O) groups excluding carboxylic acids is 1. The lowest BCUT2D eigenvalue weighted by Gasteiger charge is -2.18. The molecule has 1 aromatic carbocycles. The number of amides is 1. The Balaban J connectivity index is 2.23. The SMILES string of the molecule is Cc1cc(Oc2c(Cl)cc(C(F)(F)F)cc2Cl)nn1C(=O)NOC(C)(C)C. The van der Waals surface area contributed by atoms with Crippen molar-refractivity contribution in [3.05, 3.63) is 39.5 Å². The van der Waals surface area contributed by atoms with Crippen LogP contribution in [0.5, 0.6) is 11.6 Å². The van der Waals surface area contributed by atoms with Crippen molar-refractivity contribution in [1.29, 1.82) is 0 Å². The number of rotatable bonds is 3. The molecule has 0 aliphatic carbocycles. The van der Waals surface area contributed by atoms with Crippen LogP contribution in [0.15, 0.2) is 18.2 Å². The smallest absolute Gasteiger partial charge is 0.416 e. The van der Waals surface area contributed by atoms with E-state index in [9.17, 15) is 18.0 Å². The quantitative estimate of drug-likeness (QED) is 0.650. The van der Waals surface area contributed by atoms with E-state index in [0.29, 0.717) is 17.8 Å². The maximum absolute atomic E-state index is 12.8. The fourth-order valence-corrected chi connectivity index (χ4v) is 2.43. The second kappa shape index (κ2) is 7.57. The summed E-state index contributed by atoms with van der Waals surface area (Å²) in [6, 6.07) is 2.09. The van der Waals surface area contributed by atoms with Gasteiger partial charge in [0.1, 0.15) is 0 Å². The number of carbonyl (C=O) groups is 1. The zero-order valence-electron chi connectivity index (χ0n) is 14.7. The van der Waals surface area contributed by atoms with Gasteiger partial charge < -0.3 is 4.74 Å². The van der Waals surface area contributed by atoms with E-state index in [-0.39, 0.29) is 21.7 Å². The number of nitrogens with zero attached hydrogens (tertiary/aromatic N) is 2. The van der Waals surface area contributed by atoms with Gasteiger partial charge in [0.15, 0.2) is 5.75 Å². The first-order valence-electron chi connectivity index (χ1n) is 7.57. The van der Waals surface area contributed by atoms with E-state index in [1.165, 1.54) is 6.07 Å². The maximum atomic E-state index is 12.8. The Kier molecular flexibility index (Phi) is 5.98. The number of aryl methyl sites for hydroxylation is 1. The number of benzene rings is 1. The van der Waals surface area contributed by atoms with Crippen LogP contribution in [0.3, 0.4) is 0 Å². The predicted molar refractivity (Wildman–Crippen MR) is 93.3 cm³/mol. The summed E-state index contributed by atoms with van der Waals surface area (Å²) < 4.78 is 44.7. The van der Waals surface area contributed by atoms with Crippen molar-refractivity contribution in [3.63, 3.8) is 0 Å². The van der Waals surface area contributed by atoms with Crippen molar-refractivity contribution in [3.8, 4) is 11.6 Å². The molecular weight excluding hydrogens is 410 g/mol. The number of hydroxylamine groups is 1. The van der Waals surface area contributed by atoms with Crippen molar-refractivity contribution in [2.24, 2.45) is 0 Å². The van der Waals surface area contributed by atoms with Gasteiger partial charge in [0.25, 0.3) is 0 Å². The summed E-state index contributed by atoms with van der Waals surface area (Å²) >= 11 is 11.7. The lowest BCUT2D eigenvalue weighted by molar-refractivity contribution is -0.137. The van der Waals surface area contributed by atoms with Gasteiger partial charge in [-0.15, -0.1) is 5.10 Å². The minimum atomic E-state index is -4.60. The van der Waals surface area contributed by atoms with Gasteiger partial charge in [-0.25, -0.2) is 10.3 Å². The molecule has 0 atom stereocenters. The van der Waals surface area contributed by atoms with Crippen molar-refractivity contribution < 1.29 is 27.5 Å². The van der Waals surface area contributed by atoms with E-state index in [4.69, 9.17) is 32.8 Å². The van der Waals surface area contributed by atoms with Crippen molar-refractivity contribution in [1.82, 2.24) is 15.3 Å². The molecule has 1 heterocycles. The molecule has 0 bridgehead atoms. The highest BCUT2D eigenvalue weighted by molar-refractivity contribution is 6.37. The predicted octanol–water partition coefficient (Wildman–Crippen LogP) is 5.60. The van der Waals surface area contributed by atoms with Crippen LogP contribution in [0.1, 0.15) is 32.0 Å². The average Bonchev–Trinajstić information content (AvgIpc) is 2.87. The fourth-order valence-electron chi connectivity index (χ4n) is 1.87. The molecular formula is C16H16Cl2F3N3O3. The zero-order chi connectivity index (χ0) is 20.6. The Morgan fingerprint density at radius 1 is 1.15 bits per heavy atom. The fraction of sp³-hybridized carbons (Fsp3) is 0.375. The van der Waals surface area contributed by atoms with Crippen LogP contribution in [0.2, 0.25) is 10.0 Å². The van der Waals surface area contributed by atoms with Crippen LogP contribution in [0, 0.1) is 6.92 Å². The molecule has 27 heavy (non-hydrogen) atoms. The molecule has 11 heteroatoms. The number of hydrogen-bond donors (Lipinski definition) is 1. The molecule has 0 spiro atoms. The van der Waals surface area contributed by atoms with Gasteiger partial charge in [-0.2, -0.15) is 17.9 Å². The molecule has 2 rings (SSSR count). The Morgan fingerprint density at radius 3 is 2.19 bits per heavy atom. The second-order valence-electron chi connectivity index (χ2n) is 6.53. The third-order valence-electron chi connectivity index (χ3n) is 3.03. The van der Waals surface area contributed by atoms with E-state index in [1.807, 2.05) is 0 Å². The molecule has 6 nitrogen and oxygen atoms in total. The number of aromatic nitrogens is 2. The van der Waals surface area contributed by atoms with Gasteiger partial charge in [0, 0.05) is 6.07 Å². The lowest BCUT2D eigenvalue weighted by atomic mass is 10.2. The normalized spacial score (nSPS) is 12.2. The molecule has 0 fully saturated rings. The van der Waals surface area contributed by atoms with Gasteiger partial charge in [0.2, 0.25) is 5.88 Å². The molecule has 0 aliphatic rings.